The van der Waals surface area contributed by atoms with E-state index in [-0.39, 0.29) is 24.7 Å². The monoisotopic (exact) mass is 328 g/mol. The van der Waals surface area contributed by atoms with Crippen LogP contribution in [0.25, 0.3) is 0 Å². The molecule has 8 heteroatoms. The van der Waals surface area contributed by atoms with Crippen LogP contribution in [-0.2, 0) is 38.1 Å². The van der Waals surface area contributed by atoms with Gasteiger partial charge in [-0.05, 0) is 24.7 Å². The Labute approximate surface area is 133 Å². The van der Waals surface area contributed by atoms with Gasteiger partial charge in [0.1, 0.15) is 0 Å². The van der Waals surface area contributed by atoms with Gasteiger partial charge in [0.15, 0.2) is 5.41 Å². The average Bonchev–Trinajstić information content (AvgIpc) is 2.89. The Bertz CT molecular complexity index is 492. The van der Waals surface area contributed by atoms with E-state index in [4.69, 9.17) is 18.9 Å². The van der Waals surface area contributed by atoms with E-state index in [9.17, 15) is 19.2 Å². The quantitative estimate of drug-likeness (QED) is 0.401. The Balaban J connectivity index is 2.36. The van der Waals surface area contributed by atoms with Crippen LogP contribution in [0.3, 0.4) is 0 Å². The molecule has 23 heavy (non-hydrogen) atoms. The van der Waals surface area contributed by atoms with Crippen LogP contribution < -0.4 is 0 Å². The summed E-state index contributed by atoms with van der Waals surface area (Å²) in [7, 11) is 4.82. The van der Waals surface area contributed by atoms with E-state index in [0.29, 0.717) is 0 Å². The van der Waals surface area contributed by atoms with E-state index in [0.717, 1.165) is 0 Å². The lowest BCUT2D eigenvalue weighted by molar-refractivity contribution is -0.176. The van der Waals surface area contributed by atoms with Gasteiger partial charge in [-0.1, -0.05) is 0 Å². The van der Waals surface area contributed by atoms with Crippen LogP contribution in [0.4, 0.5) is 0 Å². The summed E-state index contributed by atoms with van der Waals surface area (Å²) >= 11 is 0. The van der Waals surface area contributed by atoms with E-state index in [1.165, 1.54) is 28.4 Å². The molecule has 0 aromatic rings. The fourth-order valence-electron chi connectivity index (χ4n) is 4.09. The fourth-order valence-corrected chi connectivity index (χ4v) is 4.09. The number of carbonyl (C=O) groups excluding carboxylic acids is 4. The molecule has 2 rings (SSSR count). The molecule has 2 aliphatic rings. The molecule has 2 saturated carbocycles. The van der Waals surface area contributed by atoms with Gasteiger partial charge in [-0.15, -0.1) is 0 Å². The Morgan fingerprint density at radius 3 is 1.30 bits per heavy atom. The summed E-state index contributed by atoms with van der Waals surface area (Å²) < 4.78 is 19.0. The number of hydrogen-bond acceptors (Lipinski definition) is 8. The van der Waals surface area contributed by atoms with Crippen molar-refractivity contribution in [1.82, 2.24) is 0 Å². The molecule has 0 spiro atoms. The molecule has 2 fully saturated rings. The minimum absolute atomic E-state index is 0.0876. The van der Waals surface area contributed by atoms with Gasteiger partial charge in [-0.25, -0.2) is 0 Å². The van der Waals surface area contributed by atoms with Crippen LogP contribution in [-0.4, -0.2) is 52.3 Å². The molecule has 0 aliphatic heterocycles. The SMILES string of the molecule is COC(=O)[C@@H]1[C@H]2CC(C(=O)OC)(C(=O)OC)C[C@H]2[C@@H]1C(=O)OC. The van der Waals surface area contributed by atoms with E-state index in [1.807, 2.05) is 0 Å². The predicted octanol–water partition coefficient (Wildman–Crippen LogP) is -0.0630. The summed E-state index contributed by atoms with van der Waals surface area (Å²) in [5, 5.41) is 0. The zero-order valence-corrected chi connectivity index (χ0v) is 13.5. The zero-order valence-electron chi connectivity index (χ0n) is 13.5. The first kappa shape index (κ1) is 17.2. The van der Waals surface area contributed by atoms with Gasteiger partial charge in [0.05, 0.1) is 40.3 Å². The Kier molecular flexibility index (Phi) is 4.63. The maximum absolute atomic E-state index is 12.2. The first-order valence-corrected chi connectivity index (χ1v) is 7.20. The molecular formula is C15H20O8. The topological polar surface area (TPSA) is 105 Å². The number of rotatable bonds is 4. The van der Waals surface area contributed by atoms with Crippen molar-refractivity contribution in [2.75, 3.05) is 28.4 Å². The molecule has 0 heterocycles. The molecular weight excluding hydrogens is 308 g/mol. The third kappa shape index (κ3) is 2.36. The lowest BCUT2D eigenvalue weighted by Crippen LogP contribution is -2.52. The molecule has 0 N–H and O–H groups in total. The fraction of sp³-hybridized carbons (Fsp3) is 0.733. The number of carbonyl (C=O) groups is 4. The Morgan fingerprint density at radius 2 is 1.04 bits per heavy atom. The number of ether oxygens (including phenoxy) is 4. The highest BCUT2D eigenvalue weighted by atomic mass is 16.5. The van der Waals surface area contributed by atoms with Gasteiger partial charge in [0, 0.05) is 0 Å². The molecule has 0 aromatic carbocycles. The predicted molar refractivity (Wildman–Crippen MR) is 73.7 cm³/mol. The number of methoxy groups -OCH3 is 4. The minimum Gasteiger partial charge on any atom is -0.469 e. The molecule has 0 aromatic heterocycles. The van der Waals surface area contributed by atoms with E-state index in [2.05, 4.69) is 0 Å². The van der Waals surface area contributed by atoms with Crippen LogP contribution >= 0.6 is 0 Å². The van der Waals surface area contributed by atoms with Crippen molar-refractivity contribution in [3.8, 4) is 0 Å². The summed E-state index contributed by atoms with van der Waals surface area (Å²) in [5.74, 6) is -4.65. The minimum atomic E-state index is -1.49. The summed E-state index contributed by atoms with van der Waals surface area (Å²) in [4.78, 5) is 48.4. The van der Waals surface area contributed by atoms with Gasteiger partial charge >= 0.3 is 23.9 Å². The summed E-state index contributed by atoms with van der Waals surface area (Å²) in [6.07, 6.45) is 0.175. The molecule has 0 bridgehead atoms. The molecule has 4 atom stereocenters. The van der Waals surface area contributed by atoms with Crippen LogP contribution in [0, 0.1) is 29.1 Å². The van der Waals surface area contributed by atoms with E-state index in [1.54, 1.807) is 0 Å². The number of fused-ring (bicyclic) bond motifs is 1. The van der Waals surface area contributed by atoms with Gasteiger partial charge in [0.25, 0.3) is 0 Å². The lowest BCUT2D eigenvalue weighted by Gasteiger charge is -2.44. The lowest BCUT2D eigenvalue weighted by atomic mass is 9.58. The maximum Gasteiger partial charge on any atom is 0.323 e. The van der Waals surface area contributed by atoms with Crippen molar-refractivity contribution in [2.24, 2.45) is 29.1 Å². The summed E-state index contributed by atoms with van der Waals surface area (Å²) in [6.45, 7) is 0. The van der Waals surface area contributed by atoms with Crippen LogP contribution in [0.1, 0.15) is 12.8 Å². The van der Waals surface area contributed by atoms with Crippen LogP contribution in [0.5, 0.6) is 0 Å². The average molecular weight is 328 g/mol. The van der Waals surface area contributed by atoms with E-state index < -0.39 is 41.1 Å². The van der Waals surface area contributed by atoms with Gasteiger partial charge in [-0.3, -0.25) is 19.2 Å². The van der Waals surface area contributed by atoms with Crippen molar-refractivity contribution in [3.05, 3.63) is 0 Å². The summed E-state index contributed by atoms with van der Waals surface area (Å²) in [5.41, 5.74) is -1.49. The summed E-state index contributed by atoms with van der Waals surface area (Å²) in [6, 6.07) is 0. The number of esters is 4. The maximum atomic E-state index is 12.2. The zero-order chi connectivity index (χ0) is 17.4. The third-order valence-corrected chi connectivity index (χ3v) is 5.13. The second kappa shape index (κ2) is 6.17. The smallest absolute Gasteiger partial charge is 0.323 e. The molecule has 0 saturated heterocycles. The highest BCUT2D eigenvalue weighted by Crippen LogP contribution is 2.62. The van der Waals surface area contributed by atoms with Crippen molar-refractivity contribution in [1.29, 1.82) is 0 Å². The molecule has 2 aliphatic carbocycles. The van der Waals surface area contributed by atoms with E-state index >= 15 is 0 Å². The van der Waals surface area contributed by atoms with Crippen molar-refractivity contribution in [3.63, 3.8) is 0 Å². The molecule has 128 valence electrons. The Hall–Kier alpha value is -2.12. The van der Waals surface area contributed by atoms with Crippen molar-refractivity contribution in [2.45, 2.75) is 12.8 Å². The second-order valence-electron chi connectivity index (χ2n) is 5.90. The first-order valence-electron chi connectivity index (χ1n) is 7.20. The van der Waals surface area contributed by atoms with Gasteiger partial charge < -0.3 is 18.9 Å². The van der Waals surface area contributed by atoms with Crippen molar-refractivity contribution < 1.29 is 38.1 Å². The second-order valence-corrected chi connectivity index (χ2v) is 5.90. The molecule has 8 nitrogen and oxygen atoms in total. The molecule has 0 radical (unpaired) electrons. The molecule has 0 amide bonds. The Morgan fingerprint density at radius 1 is 0.696 bits per heavy atom. The van der Waals surface area contributed by atoms with Gasteiger partial charge in [0.2, 0.25) is 0 Å². The van der Waals surface area contributed by atoms with Crippen LogP contribution in [0.15, 0.2) is 0 Å². The third-order valence-electron chi connectivity index (χ3n) is 5.13. The van der Waals surface area contributed by atoms with Gasteiger partial charge in [-0.2, -0.15) is 0 Å². The molecule has 0 unspecified atom stereocenters. The first-order chi connectivity index (χ1) is 10.9. The largest absolute Gasteiger partial charge is 0.469 e. The highest BCUT2D eigenvalue weighted by Gasteiger charge is 2.69. The highest BCUT2D eigenvalue weighted by molar-refractivity contribution is 6.01. The standard InChI is InChI=1S/C15H20O8/c1-20-11(16)9-7-5-15(13(18)22-3,14(19)23-4)6-8(7)10(9)12(17)21-2/h7-10H,5-6H2,1-4H3/t7-,8+,9+,10-. The normalized spacial score (nSPS) is 30.4. The van der Waals surface area contributed by atoms with Crippen LogP contribution in [0.2, 0.25) is 0 Å². The van der Waals surface area contributed by atoms with Crippen molar-refractivity contribution >= 4 is 23.9 Å². The number of hydrogen-bond donors (Lipinski definition) is 0.